The van der Waals surface area contributed by atoms with Gasteiger partial charge in [0.1, 0.15) is 11.2 Å². The first-order valence-corrected chi connectivity index (χ1v) is 7.55. The molecule has 0 saturated carbocycles. The third kappa shape index (κ3) is 2.05. The molecule has 0 fully saturated rings. The Hall–Kier alpha value is -2.13. The van der Waals surface area contributed by atoms with Crippen molar-refractivity contribution < 1.29 is 4.42 Å². The molecule has 0 unspecified atom stereocenters. The molecule has 0 N–H and O–H groups in total. The quantitative estimate of drug-likeness (QED) is 0.444. The smallest absolute Gasteiger partial charge is 0.149 e. The van der Waals surface area contributed by atoms with Gasteiger partial charge in [0.05, 0.1) is 4.47 Å². The summed E-state index contributed by atoms with van der Waals surface area (Å²) in [5.74, 6) is 0. The fourth-order valence-electron chi connectivity index (χ4n) is 2.68. The molecule has 4 aromatic rings. The molecule has 2 aromatic carbocycles. The van der Waals surface area contributed by atoms with E-state index in [0.717, 1.165) is 43.2 Å². The van der Waals surface area contributed by atoms with Crippen LogP contribution in [0.2, 0.25) is 0 Å². The Balaban J connectivity index is 2.06. The minimum absolute atomic E-state index is 0.894. The maximum atomic E-state index is 5.94. The van der Waals surface area contributed by atoms with Crippen LogP contribution in [0.5, 0.6) is 0 Å². The molecular weight excluding hydrogens is 326 g/mol. The molecule has 3 heteroatoms. The van der Waals surface area contributed by atoms with Crippen molar-refractivity contribution in [2.24, 2.45) is 0 Å². The number of hydrogen-bond acceptors (Lipinski definition) is 2. The zero-order chi connectivity index (χ0) is 14.4. The second-order valence-corrected chi connectivity index (χ2v) is 5.97. The fourth-order valence-corrected chi connectivity index (χ4v) is 3.22. The van der Waals surface area contributed by atoms with E-state index in [9.17, 15) is 0 Å². The zero-order valence-electron chi connectivity index (χ0n) is 11.4. The van der Waals surface area contributed by atoms with Crippen LogP contribution in [0.1, 0.15) is 5.69 Å². The molecule has 0 atom stereocenters. The summed E-state index contributed by atoms with van der Waals surface area (Å²) in [5.41, 5.74) is 5.14. The van der Waals surface area contributed by atoms with E-state index in [-0.39, 0.29) is 0 Å². The maximum absolute atomic E-state index is 5.94. The Kier molecular flexibility index (Phi) is 2.82. The van der Waals surface area contributed by atoms with Crippen LogP contribution in [-0.4, -0.2) is 4.98 Å². The minimum atomic E-state index is 0.894. The van der Waals surface area contributed by atoms with Crippen molar-refractivity contribution in [1.29, 1.82) is 0 Å². The SMILES string of the molecule is Cc1cc(-c2cc(Br)c3oc4ccccc4c3c2)ccn1. The molecular formula is C18H12BrNO. The van der Waals surface area contributed by atoms with E-state index >= 15 is 0 Å². The van der Waals surface area contributed by atoms with Crippen LogP contribution in [0, 0.1) is 6.92 Å². The van der Waals surface area contributed by atoms with Crippen molar-refractivity contribution in [1.82, 2.24) is 4.98 Å². The standard InChI is InChI=1S/C18H12BrNO/c1-11-8-12(6-7-20-11)13-9-15-14-4-2-3-5-17(14)21-18(15)16(19)10-13/h2-10H,1H3. The first kappa shape index (κ1) is 12.6. The van der Waals surface area contributed by atoms with E-state index in [0.29, 0.717) is 0 Å². The van der Waals surface area contributed by atoms with Gasteiger partial charge in [-0.15, -0.1) is 0 Å². The molecule has 2 nitrogen and oxygen atoms in total. The largest absolute Gasteiger partial charge is 0.455 e. The number of aromatic nitrogens is 1. The van der Waals surface area contributed by atoms with Gasteiger partial charge in [0.2, 0.25) is 0 Å². The van der Waals surface area contributed by atoms with Gasteiger partial charge >= 0.3 is 0 Å². The molecule has 0 spiro atoms. The number of hydrogen-bond donors (Lipinski definition) is 0. The number of halogens is 1. The highest BCUT2D eigenvalue weighted by Crippen LogP contribution is 2.37. The lowest BCUT2D eigenvalue weighted by Crippen LogP contribution is -1.83. The average molecular weight is 338 g/mol. The van der Waals surface area contributed by atoms with Gasteiger partial charge in [-0.1, -0.05) is 18.2 Å². The predicted molar refractivity (Wildman–Crippen MR) is 89.4 cm³/mol. The van der Waals surface area contributed by atoms with Gasteiger partial charge in [0.15, 0.2) is 0 Å². The molecule has 2 heterocycles. The van der Waals surface area contributed by atoms with Crippen LogP contribution in [0.15, 0.2) is 63.6 Å². The summed E-state index contributed by atoms with van der Waals surface area (Å²) in [6.45, 7) is 2.00. The van der Waals surface area contributed by atoms with E-state index in [1.165, 1.54) is 0 Å². The third-order valence-electron chi connectivity index (χ3n) is 3.66. The number of aryl methyl sites for hydroxylation is 1. The Bertz CT molecular complexity index is 971. The molecule has 0 bridgehead atoms. The molecule has 21 heavy (non-hydrogen) atoms. The minimum Gasteiger partial charge on any atom is -0.455 e. The first-order chi connectivity index (χ1) is 10.2. The van der Waals surface area contributed by atoms with Gasteiger partial charge < -0.3 is 4.42 Å². The molecule has 0 aliphatic carbocycles. The molecule has 0 amide bonds. The van der Waals surface area contributed by atoms with Gasteiger partial charge in [-0.25, -0.2) is 0 Å². The average Bonchev–Trinajstić information content (AvgIpc) is 2.87. The van der Waals surface area contributed by atoms with Crippen molar-refractivity contribution in [3.8, 4) is 11.1 Å². The van der Waals surface area contributed by atoms with Crippen molar-refractivity contribution in [2.45, 2.75) is 6.92 Å². The molecule has 4 rings (SSSR count). The molecule has 0 aliphatic heterocycles. The zero-order valence-corrected chi connectivity index (χ0v) is 13.0. The van der Waals surface area contributed by atoms with Crippen molar-refractivity contribution in [3.05, 3.63) is 64.9 Å². The Morgan fingerprint density at radius 3 is 2.67 bits per heavy atom. The number of para-hydroxylation sites is 1. The molecule has 0 radical (unpaired) electrons. The maximum Gasteiger partial charge on any atom is 0.149 e. The topological polar surface area (TPSA) is 26.0 Å². The first-order valence-electron chi connectivity index (χ1n) is 6.76. The van der Waals surface area contributed by atoms with Crippen LogP contribution < -0.4 is 0 Å². The van der Waals surface area contributed by atoms with Crippen LogP contribution in [0.3, 0.4) is 0 Å². The molecule has 102 valence electrons. The van der Waals surface area contributed by atoms with Gasteiger partial charge in [-0.3, -0.25) is 4.98 Å². The summed E-state index contributed by atoms with van der Waals surface area (Å²) in [7, 11) is 0. The summed E-state index contributed by atoms with van der Waals surface area (Å²) < 4.78 is 6.91. The lowest BCUT2D eigenvalue weighted by atomic mass is 10.0. The number of fused-ring (bicyclic) bond motifs is 3. The molecule has 0 aliphatic rings. The van der Waals surface area contributed by atoms with Gasteiger partial charge in [0, 0.05) is 22.7 Å². The highest BCUT2D eigenvalue weighted by Gasteiger charge is 2.12. The predicted octanol–water partition coefficient (Wildman–Crippen LogP) is 5.72. The molecule has 0 saturated heterocycles. The third-order valence-corrected chi connectivity index (χ3v) is 4.25. The second kappa shape index (κ2) is 4.71. The summed E-state index contributed by atoms with van der Waals surface area (Å²) in [6, 6.07) is 16.5. The van der Waals surface area contributed by atoms with E-state index < -0.39 is 0 Å². The van der Waals surface area contributed by atoms with Crippen molar-refractivity contribution in [3.63, 3.8) is 0 Å². The summed E-state index contributed by atoms with van der Waals surface area (Å²) in [6.07, 6.45) is 1.84. The lowest BCUT2D eigenvalue weighted by Gasteiger charge is -2.04. The molecule has 2 aromatic heterocycles. The summed E-state index contributed by atoms with van der Waals surface area (Å²) in [5, 5.41) is 2.27. The number of nitrogens with zero attached hydrogens (tertiary/aromatic N) is 1. The number of furan rings is 1. The fraction of sp³-hybridized carbons (Fsp3) is 0.0556. The monoisotopic (exact) mass is 337 g/mol. The van der Waals surface area contributed by atoms with Crippen molar-refractivity contribution in [2.75, 3.05) is 0 Å². The van der Waals surface area contributed by atoms with Crippen LogP contribution in [0.25, 0.3) is 33.1 Å². The highest BCUT2D eigenvalue weighted by atomic mass is 79.9. The van der Waals surface area contributed by atoms with Crippen LogP contribution in [-0.2, 0) is 0 Å². The van der Waals surface area contributed by atoms with E-state index in [4.69, 9.17) is 4.42 Å². The summed E-state index contributed by atoms with van der Waals surface area (Å²) in [4.78, 5) is 4.26. The number of benzene rings is 2. The van der Waals surface area contributed by atoms with Gasteiger partial charge in [-0.05, 0) is 64.3 Å². The van der Waals surface area contributed by atoms with Gasteiger partial charge in [0.25, 0.3) is 0 Å². The Labute approximate surface area is 130 Å². The van der Waals surface area contributed by atoms with Crippen LogP contribution in [0.4, 0.5) is 0 Å². The summed E-state index contributed by atoms with van der Waals surface area (Å²) >= 11 is 3.63. The number of pyridine rings is 1. The highest BCUT2D eigenvalue weighted by molar-refractivity contribution is 9.10. The van der Waals surface area contributed by atoms with Crippen molar-refractivity contribution >= 4 is 37.9 Å². The Morgan fingerprint density at radius 1 is 0.952 bits per heavy atom. The second-order valence-electron chi connectivity index (χ2n) is 5.12. The normalized spacial score (nSPS) is 11.3. The lowest BCUT2D eigenvalue weighted by molar-refractivity contribution is 0.667. The van der Waals surface area contributed by atoms with E-state index in [2.05, 4.69) is 45.2 Å². The van der Waals surface area contributed by atoms with Crippen LogP contribution >= 0.6 is 15.9 Å². The van der Waals surface area contributed by atoms with E-state index in [1.807, 2.05) is 37.4 Å². The Morgan fingerprint density at radius 2 is 1.81 bits per heavy atom. The van der Waals surface area contributed by atoms with E-state index in [1.54, 1.807) is 0 Å². The number of rotatable bonds is 1. The van der Waals surface area contributed by atoms with Gasteiger partial charge in [-0.2, -0.15) is 0 Å².